The summed E-state index contributed by atoms with van der Waals surface area (Å²) in [5.41, 5.74) is 1.13. The highest BCUT2D eigenvalue weighted by Gasteiger charge is 2.15. The fourth-order valence-electron chi connectivity index (χ4n) is 2.85. The van der Waals surface area contributed by atoms with Gasteiger partial charge in [-0.2, -0.15) is 0 Å². The molecule has 0 radical (unpaired) electrons. The summed E-state index contributed by atoms with van der Waals surface area (Å²) in [6, 6.07) is 8.11. The average molecular weight is 505 g/mol. The fraction of sp³-hybridized carbons (Fsp3) is 0.667. The zero-order chi connectivity index (χ0) is 19.3. The Balaban J connectivity index is 0.00000392. The summed E-state index contributed by atoms with van der Waals surface area (Å²) in [6.07, 6.45) is 2.25. The van der Waals surface area contributed by atoms with Crippen molar-refractivity contribution < 1.29 is 14.2 Å². The molecule has 1 aromatic rings. The Labute approximate surface area is 186 Å². The van der Waals surface area contributed by atoms with Crippen molar-refractivity contribution in [3.63, 3.8) is 0 Å². The van der Waals surface area contributed by atoms with Crippen LogP contribution in [0.4, 0.5) is 0 Å². The lowest BCUT2D eigenvalue weighted by Gasteiger charge is -2.13. The summed E-state index contributed by atoms with van der Waals surface area (Å²) >= 11 is 0. The first kappa shape index (κ1) is 25.0. The first-order valence-corrected chi connectivity index (χ1v) is 10.1. The molecule has 0 aliphatic carbocycles. The minimum Gasteiger partial charge on any atom is -0.491 e. The molecule has 1 aliphatic rings. The van der Waals surface area contributed by atoms with Crippen molar-refractivity contribution in [1.29, 1.82) is 0 Å². The second kappa shape index (κ2) is 14.9. The molecule has 0 aromatic heterocycles. The SMILES string of the molecule is CCNC(=NCc1cccc(OC(C)C)c1)NCCCOCC1CCOC1.I. The third kappa shape index (κ3) is 10.5. The highest BCUT2D eigenvalue weighted by molar-refractivity contribution is 14.0. The summed E-state index contributed by atoms with van der Waals surface area (Å²) in [5.74, 6) is 2.30. The molecular weight excluding hydrogens is 469 g/mol. The number of halogens is 1. The Hall–Kier alpha value is -1.06. The number of nitrogens with one attached hydrogen (secondary N) is 2. The highest BCUT2D eigenvalue weighted by Crippen LogP contribution is 2.15. The van der Waals surface area contributed by atoms with Gasteiger partial charge < -0.3 is 24.8 Å². The molecule has 2 rings (SSSR count). The van der Waals surface area contributed by atoms with E-state index in [0.717, 1.165) is 69.6 Å². The van der Waals surface area contributed by atoms with Crippen LogP contribution in [0.5, 0.6) is 5.75 Å². The van der Waals surface area contributed by atoms with E-state index < -0.39 is 0 Å². The van der Waals surface area contributed by atoms with Crippen LogP contribution in [-0.2, 0) is 16.0 Å². The van der Waals surface area contributed by atoms with Crippen LogP contribution in [0.25, 0.3) is 0 Å². The monoisotopic (exact) mass is 505 g/mol. The summed E-state index contributed by atoms with van der Waals surface area (Å²) in [4.78, 5) is 4.67. The number of guanidine groups is 1. The lowest BCUT2D eigenvalue weighted by molar-refractivity contribution is 0.0888. The van der Waals surface area contributed by atoms with Gasteiger partial charge in [0.05, 0.1) is 25.9 Å². The van der Waals surface area contributed by atoms with Gasteiger partial charge in [0.25, 0.3) is 0 Å². The third-order valence-electron chi connectivity index (χ3n) is 4.17. The molecular formula is C21H36IN3O3. The van der Waals surface area contributed by atoms with E-state index in [1.165, 1.54) is 0 Å². The van der Waals surface area contributed by atoms with Crippen molar-refractivity contribution >= 4 is 29.9 Å². The van der Waals surface area contributed by atoms with Gasteiger partial charge >= 0.3 is 0 Å². The van der Waals surface area contributed by atoms with Crippen LogP contribution in [-0.4, -0.2) is 51.6 Å². The van der Waals surface area contributed by atoms with Crippen LogP contribution in [0.2, 0.25) is 0 Å². The molecule has 0 bridgehead atoms. The standard InChI is InChI=1S/C21H35N3O3.HI/c1-4-22-21(23-10-6-11-25-15-19-9-12-26-16-19)24-14-18-7-5-8-20(13-18)27-17(2)3;/h5,7-8,13,17,19H,4,6,9-12,14-16H2,1-3H3,(H2,22,23,24);1H. The lowest BCUT2D eigenvalue weighted by Crippen LogP contribution is -2.38. The average Bonchev–Trinajstić information content (AvgIpc) is 3.15. The molecule has 2 N–H and O–H groups in total. The topological polar surface area (TPSA) is 64.1 Å². The number of hydrogen-bond donors (Lipinski definition) is 2. The number of hydrogen-bond acceptors (Lipinski definition) is 4. The Morgan fingerprint density at radius 2 is 2.18 bits per heavy atom. The predicted molar refractivity (Wildman–Crippen MR) is 125 cm³/mol. The lowest BCUT2D eigenvalue weighted by atomic mass is 10.1. The van der Waals surface area contributed by atoms with Crippen LogP contribution >= 0.6 is 24.0 Å². The Morgan fingerprint density at radius 1 is 1.32 bits per heavy atom. The van der Waals surface area contributed by atoms with Gasteiger partial charge in [-0.1, -0.05) is 12.1 Å². The third-order valence-corrected chi connectivity index (χ3v) is 4.17. The van der Waals surface area contributed by atoms with Gasteiger partial charge in [-0.25, -0.2) is 4.99 Å². The van der Waals surface area contributed by atoms with E-state index in [1.807, 2.05) is 32.0 Å². The van der Waals surface area contributed by atoms with E-state index in [1.54, 1.807) is 0 Å². The summed E-state index contributed by atoms with van der Waals surface area (Å²) in [6.45, 7) is 11.7. The van der Waals surface area contributed by atoms with Crippen molar-refractivity contribution in [3.8, 4) is 5.75 Å². The van der Waals surface area contributed by atoms with Gasteiger partial charge in [0, 0.05) is 32.2 Å². The summed E-state index contributed by atoms with van der Waals surface area (Å²) in [5, 5.41) is 6.65. The van der Waals surface area contributed by atoms with Gasteiger partial charge in [0.15, 0.2) is 5.96 Å². The number of benzene rings is 1. The summed E-state index contributed by atoms with van der Waals surface area (Å²) in [7, 11) is 0. The summed E-state index contributed by atoms with van der Waals surface area (Å²) < 4.78 is 16.8. The predicted octanol–water partition coefficient (Wildman–Crippen LogP) is 3.59. The van der Waals surface area contributed by atoms with Crippen molar-refractivity contribution in [2.45, 2.75) is 46.3 Å². The molecule has 0 amide bonds. The molecule has 1 heterocycles. The second-order valence-electron chi connectivity index (χ2n) is 7.09. The van der Waals surface area contributed by atoms with Crippen molar-refractivity contribution in [1.82, 2.24) is 10.6 Å². The van der Waals surface area contributed by atoms with E-state index in [4.69, 9.17) is 14.2 Å². The van der Waals surface area contributed by atoms with Gasteiger partial charge in [0.1, 0.15) is 5.75 Å². The largest absolute Gasteiger partial charge is 0.491 e. The van der Waals surface area contributed by atoms with Crippen LogP contribution in [0.15, 0.2) is 29.3 Å². The molecule has 1 fully saturated rings. The number of aliphatic imine (C=N–C) groups is 1. The molecule has 1 unspecified atom stereocenters. The number of rotatable bonds is 11. The van der Waals surface area contributed by atoms with Crippen molar-refractivity contribution in [2.75, 3.05) is 39.5 Å². The van der Waals surface area contributed by atoms with Gasteiger partial charge in [-0.15, -0.1) is 24.0 Å². The van der Waals surface area contributed by atoms with E-state index in [-0.39, 0.29) is 30.1 Å². The van der Waals surface area contributed by atoms with Crippen LogP contribution < -0.4 is 15.4 Å². The molecule has 7 heteroatoms. The second-order valence-corrected chi connectivity index (χ2v) is 7.09. The quantitative estimate of drug-likeness (QED) is 0.208. The fourth-order valence-corrected chi connectivity index (χ4v) is 2.85. The Kier molecular flexibility index (Phi) is 13.3. The maximum absolute atomic E-state index is 5.75. The Morgan fingerprint density at radius 3 is 2.89 bits per heavy atom. The minimum atomic E-state index is 0. The highest BCUT2D eigenvalue weighted by atomic mass is 127. The first-order valence-electron chi connectivity index (χ1n) is 10.1. The smallest absolute Gasteiger partial charge is 0.191 e. The van der Waals surface area contributed by atoms with Crippen LogP contribution in [0, 0.1) is 5.92 Å². The zero-order valence-corrected chi connectivity index (χ0v) is 19.7. The molecule has 1 atom stereocenters. The first-order chi connectivity index (χ1) is 13.2. The Bertz CT molecular complexity index is 564. The zero-order valence-electron chi connectivity index (χ0n) is 17.4. The molecule has 160 valence electrons. The molecule has 0 spiro atoms. The molecule has 6 nitrogen and oxygen atoms in total. The van der Waals surface area contributed by atoms with E-state index in [0.29, 0.717) is 12.5 Å². The van der Waals surface area contributed by atoms with Gasteiger partial charge in [-0.3, -0.25) is 0 Å². The molecule has 0 saturated carbocycles. The minimum absolute atomic E-state index is 0. The maximum atomic E-state index is 5.75. The maximum Gasteiger partial charge on any atom is 0.191 e. The normalized spacial score (nSPS) is 16.7. The molecule has 1 saturated heterocycles. The van der Waals surface area contributed by atoms with Crippen LogP contribution in [0.3, 0.4) is 0 Å². The van der Waals surface area contributed by atoms with Crippen molar-refractivity contribution in [2.24, 2.45) is 10.9 Å². The van der Waals surface area contributed by atoms with E-state index in [9.17, 15) is 0 Å². The van der Waals surface area contributed by atoms with Crippen molar-refractivity contribution in [3.05, 3.63) is 29.8 Å². The number of nitrogens with zero attached hydrogens (tertiary/aromatic N) is 1. The van der Waals surface area contributed by atoms with E-state index in [2.05, 4.69) is 28.6 Å². The van der Waals surface area contributed by atoms with E-state index >= 15 is 0 Å². The molecule has 1 aliphatic heterocycles. The number of ether oxygens (including phenoxy) is 3. The van der Waals surface area contributed by atoms with Gasteiger partial charge in [-0.05, 0) is 51.3 Å². The van der Waals surface area contributed by atoms with Crippen LogP contribution in [0.1, 0.15) is 39.2 Å². The molecule has 1 aromatic carbocycles. The molecule has 28 heavy (non-hydrogen) atoms. The van der Waals surface area contributed by atoms with Gasteiger partial charge in [0.2, 0.25) is 0 Å².